The molecule has 0 saturated carbocycles. The Labute approximate surface area is 101 Å². The third-order valence-electron chi connectivity index (χ3n) is 2.06. The Kier molecular flexibility index (Phi) is 4.13. The number of thiazole rings is 1. The van der Waals surface area contributed by atoms with Gasteiger partial charge in [0.1, 0.15) is 6.54 Å². The van der Waals surface area contributed by atoms with Crippen LogP contribution in [0.4, 0.5) is 18.3 Å². The highest BCUT2D eigenvalue weighted by Crippen LogP contribution is 2.28. The largest absolute Gasteiger partial charge is 0.406 e. The average Bonchev–Trinajstić information content (AvgIpc) is 2.60. The van der Waals surface area contributed by atoms with Crippen molar-refractivity contribution in [2.24, 2.45) is 0 Å². The smallest absolute Gasteiger partial charge is 0.337 e. The second kappa shape index (κ2) is 5.03. The zero-order valence-electron chi connectivity index (χ0n) is 9.71. The lowest BCUT2D eigenvalue weighted by Gasteiger charge is -2.26. The Balaban J connectivity index is 2.94. The van der Waals surface area contributed by atoms with Gasteiger partial charge in [-0.05, 0) is 13.8 Å². The van der Waals surface area contributed by atoms with E-state index in [1.165, 1.54) is 13.1 Å². The molecule has 0 aliphatic heterocycles. The molecule has 0 fully saturated rings. The van der Waals surface area contributed by atoms with Crippen molar-refractivity contribution in [3.8, 4) is 0 Å². The van der Waals surface area contributed by atoms with E-state index in [9.17, 15) is 18.0 Å². The molecular weight excluding hydrogens is 253 g/mol. The number of carbonyl (C=O) groups is 1. The van der Waals surface area contributed by atoms with Gasteiger partial charge in [-0.25, -0.2) is 4.98 Å². The zero-order valence-corrected chi connectivity index (χ0v) is 10.5. The van der Waals surface area contributed by atoms with Gasteiger partial charge in [0.2, 0.25) is 0 Å². The molecule has 0 aliphatic rings. The maximum Gasteiger partial charge on any atom is 0.406 e. The zero-order chi connectivity index (χ0) is 13.2. The molecule has 0 amide bonds. The molecule has 3 nitrogen and oxygen atoms in total. The number of hydrogen-bond acceptors (Lipinski definition) is 4. The Morgan fingerprint density at radius 2 is 2.12 bits per heavy atom. The number of carbonyl (C=O) groups excluding carboxylic acids is 1. The third-order valence-corrected chi connectivity index (χ3v) is 3.19. The quantitative estimate of drug-likeness (QED) is 0.785. The lowest BCUT2D eigenvalue weighted by molar-refractivity contribution is -0.120. The number of Topliss-reactive ketones (excluding diaryl/α,β-unsaturated/α-hetero) is 1. The van der Waals surface area contributed by atoms with Crippen molar-refractivity contribution in [2.75, 3.05) is 11.4 Å². The fourth-order valence-corrected chi connectivity index (χ4v) is 2.17. The summed E-state index contributed by atoms with van der Waals surface area (Å²) in [4.78, 5) is 16.4. The van der Waals surface area contributed by atoms with E-state index in [0.29, 0.717) is 4.88 Å². The maximum absolute atomic E-state index is 12.4. The Hall–Kier alpha value is -1.11. The number of alkyl halides is 3. The molecule has 17 heavy (non-hydrogen) atoms. The lowest BCUT2D eigenvalue weighted by atomic mass is 10.3. The topological polar surface area (TPSA) is 33.2 Å². The van der Waals surface area contributed by atoms with Gasteiger partial charge in [-0.1, -0.05) is 11.3 Å². The molecular formula is C10H13F3N2OS. The van der Waals surface area contributed by atoms with Crippen LogP contribution in [0.3, 0.4) is 0 Å². The van der Waals surface area contributed by atoms with Crippen LogP contribution in [0.2, 0.25) is 0 Å². The predicted octanol–water partition coefficient (Wildman–Crippen LogP) is 3.12. The average molecular weight is 266 g/mol. The van der Waals surface area contributed by atoms with Crippen LogP contribution in [0.15, 0.2) is 6.20 Å². The highest BCUT2D eigenvalue weighted by molar-refractivity contribution is 7.17. The maximum atomic E-state index is 12.4. The van der Waals surface area contributed by atoms with E-state index in [4.69, 9.17) is 0 Å². The van der Waals surface area contributed by atoms with E-state index in [2.05, 4.69) is 4.98 Å². The lowest BCUT2D eigenvalue weighted by Crippen LogP contribution is -2.39. The number of nitrogens with zero attached hydrogens (tertiary/aromatic N) is 2. The number of anilines is 1. The van der Waals surface area contributed by atoms with E-state index in [0.717, 1.165) is 16.2 Å². The summed E-state index contributed by atoms with van der Waals surface area (Å²) in [5, 5.41) is 0.225. The van der Waals surface area contributed by atoms with E-state index in [1.807, 2.05) is 0 Å². The van der Waals surface area contributed by atoms with Crippen LogP contribution in [-0.2, 0) is 0 Å². The first-order valence-electron chi connectivity index (χ1n) is 5.01. The van der Waals surface area contributed by atoms with Crippen molar-refractivity contribution in [2.45, 2.75) is 33.0 Å². The number of aromatic nitrogens is 1. The second-order valence-corrected chi connectivity index (χ2v) is 4.91. The van der Waals surface area contributed by atoms with Crippen molar-refractivity contribution < 1.29 is 18.0 Å². The van der Waals surface area contributed by atoms with E-state index >= 15 is 0 Å². The number of ketones is 1. The van der Waals surface area contributed by atoms with E-state index in [1.54, 1.807) is 13.8 Å². The molecule has 0 saturated heterocycles. The molecule has 1 aromatic rings. The molecule has 0 bridgehead atoms. The molecule has 0 radical (unpaired) electrons. The van der Waals surface area contributed by atoms with Crippen molar-refractivity contribution in [3.05, 3.63) is 11.1 Å². The monoisotopic (exact) mass is 266 g/mol. The molecule has 7 heteroatoms. The van der Waals surface area contributed by atoms with Crippen molar-refractivity contribution in [3.63, 3.8) is 0 Å². The number of halogens is 3. The first kappa shape index (κ1) is 14.0. The van der Waals surface area contributed by atoms with Crippen LogP contribution < -0.4 is 4.90 Å². The highest BCUT2D eigenvalue weighted by Gasteiger charge is 2.33. The summed E-state index contributed by atoms with van der Waals surface area (Å²) in [6.07, 6.45) is -2.97. The Morgan fingerprint density at radius 1 is 1.53 bits per heavy atom. The van der Waals surface area contributed by atoms with Gasteiger partial charge >= 0.3 is 6.18 Å². The minimum absolute atomic E-state index is 0.190. The molecule has 1 heterocycles. The standard InChI is InChI=1S/C10H13F3N2OS/c1-6(2)15(5-10(11,12)13)9-14-4-8(17-9)7(3)16/h4,6H,5H2,1-3H3. The van der Waals surface area contributed by atoms with Gasteiger partial charge in [0.05, 0.1) is 11.1 Å². The fourth-order valence-electron chi connectivity index (χ4n) is 1.22. The fraction of sp³-hybridized carbons (Fsp3) is 0.600. The van der Waals surface area contributed by atoms with Gasteiger partial charge in [0, 0.05) is 13.0 Å². The molecule has 0 spiro atoms. The Morgan fingerprint density at radius 3 is 2.47 bits per heavy atom. The minimum atomic E-state index is -4.29. The summed E-state index contributed by atoms with van der Waals surface area (Å²) >= 11 is 0.983. The van der Waals surface area contributed by atoms with Gasteiger partial charge in [0.25, 0.3) is 0 Å². The first-order chi connectivity index (χ1) is 7.70. The summed E-state index contributed by atoms with van der Waals surface area (Å²) in [5.41, 5.74) is 0. The number of rotatable bonds is 4. The SMILES string of the molecule is CC(=O)c1cnc(N(CC(F)(F)F)C(C)C)s1. The molecule has 96 valence electrons. The summed E-state index contributed by atoms with van der Waals surface area (Å²) in [5.74, 6) is -0.190. The minimum Gasteiger partial charge on any atom is -0.337 e. The van der Waals surface area contributed by atoms with Gasteiger partial charge in [-0.3, -0.25) is 4.79 Å². The van der Waals surface area contributed by atoms with Crippen LogP contribution in [0, 0.1) is 0 Å². The third kappa shape index (κ3) is 3.99. The molecule has 0 aromatic carbocycles. The predicted molar refractivity (Wildman–Crippen MR) is 60.7 cm³/mol. The van der Waals surface area contributed by atoms with E-state index in [-0.39, 0.29) is 17.0 Å². The van der Waals surface area contributed by atoms with Crippen LogP contribution in [-0.4, -0.2) is 29.5 Å². The van der Waals surface area contributed by atoms with Crippen LogP contribution >= 0.6 is 11.3 Å². The number of hydrogen-bond donors (Lipinski definition) is 0. The highest BCUT2D eigenvalue weighted by atomic mass is 32.1. The van der Waals surface area contributed by atoms with E-state index < -0.39 is 12.7 Å². The van der Waals surface area contributed by atoms with Gasteiger partial charge in [-0.15, -0.1) is 0 Å². The first-order valence-corrected chi connectivity index (χ1v) is 5.82. The van der Waals surface area contributed by atoms with Crippen molar-refractivity contribution in [1.29, 1.82) is 0 Å². The van der Waals surface area contributed by atoms with Crippen LogP contribution in [0.1, 0.15) is 30.4 Å². The summed E-state index contributed by atoms with van der Waals surface area (Å²) in [6, 6.07) is -0.331. The molecule has 1 rings (SSSR count). The molecule has 1 aromatic heterocycles. The summed E-state index contributed by atoms with van der Waals surface area (Å²) in [6.45, 7) is 3.61. The molecule has 0 unspecified atom stereocenters. The van der Waals surface area contributed by atoms with Gasteiger partial charge in [-0.2, -0.15) is 13.2 Å². The van der Waals surface area contributed by atoms with Gasteiger partial charge in [0.15, 0.2) is 10.9 Å². The van der Waals surface area contributed by atoms with Crippen molar-refractivity contribution in [1.82, 2.24) is 4.98 Å². The van der Waals surface area contributed by atoms with Crippen LogP contribution in [0.25, 0.3) is 0 Å². The second-order valence-electron chi connectivity index (χ2n) is 3.90. The summed E-state index contributed by atoms with van der Waals surface area (Å²) in [7, 11) is 0. The molecule has 0 aliphatic carbocycles. The molecule has 0 N–H and O–H groups in total. The molecule has 0 atom stereocenters. The van der Waals surface area contributed by atoms with Gasteiger partial charge < -0.3 is 4.90 Å². The van der Waals surface area contributed by atoms with Crippen LogP contribution in [0.5, 0.6) is 0 Å². The summed E-state index contributed by atoms with van der Waals surface area (Å²) < 4.78 is 37.2. The Bertz CT molecular complexity index is 401. The normalized spacial score (nSPS) is 11.9. The van der Waals surface area contributed by atoms with Crippen molar-refractivity contribution >= 4 is 22.3 Å².